The molecule has 0 aromatic heterocycles. The van der Waals surface area contributed by atoms with Gasteiger partial charge in [0.1, 0.15) is 6.61 Å². The molecule has 2 aromatic rings. The van der Waals surface area contributed by atoms with Gasteiger partial charge in [-0.1, -0.05) is 40.9 Å². The lowest BCUT2D eigenvalue weighted by Crippen LogP contribution is -2.15. The summed E-state index contributed by atoms with van der Waals surface area (Å²) in [6.45, 7) is 1.96. The normalized spacial score (nSPS) is 10.8. The molecule has 0 bridgehead atoms. The van der Waals surface area contributed by atoms with E-state index in [-0.39, 0.29) is 6.61 Å². The highest BCUT2D eigenvalue weighted by atomic mass is 35.5. The maximum absolute atomic E-state index is 8.79. The number of aliphatic hydroxyl groups is 1. The van der Waals surface area contributed by atoms with Gasteiger partial charge in [0.05, 0.1) is 17.2 Å². The first kappa shape index (κ1) is 21.1. The Labute approximate surface area is 169 Å². The highest BCUT2D eigenvalue weighted by molar-refractivity contribution is 6.42. The minimum absolute atomic E-state index is 0.209. The number of unbranched alkanes of at least 4 members (excludes halogenated alkanes) is 1. The number of rotatable bonds is 10. The van der Waals surface area contributed by atoms with Gasteiger partial charge in [0.15, 0.2) is 11.5 Å². The van der Waals surface area contributed by atoms with Crippen LogP contribution in [0.25, 0.3) is 0 Å². The summed E-state index contributed by atoms with van der Waals surface area (Å²) in [5.41, 5.74) is 1.82. The van der Waals surface area contributed by atoms with Gasteiger partial charge in [-0.3, -0.25) is 0 Å². The predicted molar refractivity (Wildman–Crippen MR) is 107 cm³/mol. The molecule has 142 valence electrons. The minimum atomic E-state index is 0.209. The van der Waals surface area contributed by atoms with Crippen molar-refractivity contribution in [1.82, 2.24) is 5.32 Å². The van der Waals surface area contributed by atoms with Gasteiger partial charge in [0, 0.05) is 24.2 Å². The van der Waals surface area contributed by atoms with Gasteiger partial charge < -0.3 is 19.9 Å². The van der Waals surface area contributed by atoms with E-state index < -0.39 is 0 Å². The largest absolute Gasteiger partial charge is 0.493 e. The van der Waals surface area contributed by atoms with E-state index in [0.29, 0.717) is 39.7 Å². The van der Waals surface area contributed by atoms with Gasteiger partial charge in [-0.05, 0) is 48.7 Å². The third-order valence-corrected chi connectivity index (χ3v) is 4.88. The summed E-state index contributed by atoms with van der Waals surface area (Å²) >= 11 is 18.3. The second-order valence-corrected chi connectivity index (χ2v) is 6.96. The lowest BCUT2D eigenvalue weighted by molar-refractivity contribution is 0.283. The van der Waals surface area contributed by atoms with Gasteiger partial charge >= 0.3 is 0 Å². The molecule has 0 aliphatic rings. The van der Waals surface area contributed by atoms with E-state index in [1.54, 1.807) is 25.3 Å². The van der Waals surface area contributed by atoms with Gasteiger partial charge in [-0.2, -0.15) is 0 Å². The summed E-state index contributed by atoms with van der Waals surface area (Å²) in [7, 11) is 1.59. The number of hydrogen-bond acceptors (Lipinski definition) is 4. The third-order valence-electron chi connectivity index (χ3n) is 3.79. The van der Waals surface area contributed by atoms with Crippen LogP contribution in [0.4, 0.5) is 0 Å². The van der Waals surface area contributed by atoms with Crippen molar-refractivity contribution in [3.05, 3.63) is 56.5 Å². The fourth-order valence-corrected chi connectivity index (χ4v) is 2.90. The summed E-state index contributed by atoms with van der Waals surface area (Å²) in [6.07, 6.45) is 1.70. The van der Waals surface area contributed by atoms with Crippen LogP contribution in [0.2, 0.25) is 15.1 Å². The van der Waals surface area contributed by atoms with Crippen LogP contribution >= 0.6 is 34.8 Å². The first-order valence-corrected chi connectivity index (χ1v) is 9.43. The zero-order valence-corrected chi connectivity index (χ0v) is 16.8. The second-order valence-electron chi connectivity index (χ2n) is 5.74. The highest BCUT2D eigenvalue weighted by Crippen LogP contribution is 2.34. The van der Waals surface area contributed by atoms with E-state index in [9.17, 15) is 0 Å². The Bertz CT molecular complexity index is 725. The second kappa shape index (κ2) is 10.9. The third kappa shape index (κ3) is 6.22. The molecule has 0 saturated heterocycles. The van der Waals surface area contributed by atoms with Crippen LogP contribution < -0.4 is 14.8 Å². The summed E-state index contributed by atoms with van der Waals surface area (Å²) in [4.78, 5) is 0. The van der Waals surface area contributed by atoms with Gasteiger partial charge in [0.2, 0.25) is 0 Å². The van der Waals surface area contributed by atoms with Gasteiger partial charge in [0.25, 0.3) is 0 Å². The van der Waals surface area contributed by atoms with Crippen molar-refractivity contribution in [1.29, 1.82) is 0 Å². The number of hydrogen-bond donors (Lipinski definition) is 2. The summed E-state index contributed by atoms with van der Waals surface area (Å²) in [5, 5.41) is 13.7. The van der Waals surface area contributed by atoms with Crippen molar-refractivity contribution in [2.45, 2.75) is 26.0 Å². The molecule has 2 N–H and O–H groups in total. The molecule has 0 aliphatic carbocycles. The lowest BCUT2D eigenvalue weighted by atomic mass is 10.2. The fourth-order valence-electron chi connectivity index (χ4n) is 2.36. The van der Waals surface area contributed by atoms with Crippen LogP contribution in [0.5, 0.6) is 11.5 Å². The van der Waals surface area contributed by atoms with E-state index >= 15 is 0 Å². The van der Waals surface area contributed by atoms with Crippen molar-refractivity contribution in [2.75, 3.05) is 20.3 Å². The van der Waals surface area contributed by atoms with Gasteiger partial charge in [-0.25, -0.2) is 0 Å². The van der Waals surface area contributed by atoms with E-state index in [0.717, 1.165) is 30.5 Å². The van der Waals surface area contributed by atoms with Crippen LogP contribution in [0.15, 0.2) is 30.3 Å². The van der Waals surface area contributed by atoms with Gasteiger partial charge in [-0.15, -0.1) is 0 Å². The molecular formula is C19H22Cl3NO3. The Morgan fingerprint density at radius 3 is 2.46 bits per heavy atom. The Kier molecular flexibility index (Phi) is 8.82. The molecule has 4 nitrogen and oxygen atoms in total. The van der Waals surface area contributed by atoms with Crippen molar-refractivity contribution in [3.8, 4) is 11.5 Å². The minimum Gasteiger partial charge on any atom is -0.493 e. The molecule has 0 spiro atoms. The lowest BCUT2D eigenvalue weighted by Gasteiger charge is -2.14. The predicted octanol–water partition coefficient (Wildman–Crippen LogP) is 5.10. The molecule has 2 rings (SSSR count). The van der Waals surface area contributed by atoms with Crippen LogP contribution in [-0.4, -0.2) is 25.4 Å². The molecule has 2 aromatic carbocycles. The average molecular weight is 419 g/mol. The molecule has 0 saturated carbocycles. The molecule has 0 unspecified atom stereocenters. The molecule has 0 fully saturated rings. The number of benzene rings is 2. The van der Waals surface area contributed by atoms with Crippen LogP contribution in [0.1, 0.15) is 24.0 Å². The summed E-state index contributed by atoms with van der Waals surface area (Å²) in [5.74, 6) is 1.18. The first-order valence-electron chi connectivity index (χ1n) is 8.30. The van der Waals surface area contributed by atoms with Crippen molar-refractivity contribution in [3.63, 3.8) is 0 Å². The summed E-state index contributed by atoms with van der Waals surface area (Å²) < 4.78 is 11.3. The van der Waals surface area contributed by atoms with E-state index in [1.807, 2.05) is 12.1 Å². The van der Waals surface area contributed by atoms with Crippen LogP contribution in [-0.2, 0) is 13.2 Å². The number of nitrogens with one attached hydrogen (secondary N) is 1. The van der Waals surface area contributed by atoms with Crippen molar-refractivity contribution < 1.29 is 14.6 Å². The van der Waals surface area contributed by atoms with E-state index in [4.69, 9.17) is 49.4 Å². The highest BCUT2D eigenvalue weighted by Gasteiger charge is 2.11. The fraction of sp³-hybridized carbons (Fsp3) is 0.368. The number of halogens is 3. The Morgan fingerprint density at radius 1 is 0.962 bits per heavy atom. The van der Waals surface area contributed by atoms with Crippen LogP contribution in [0, 0.1) is 0 Å². The molecule has 0 radical (unpaired) electrons. The standard InChI is InChI=1S/C19H22Cl3NO3/c1-25-18-9-14(11-23-6-2-3-7-24)16(21)10-19(18)26-12-13-4-5-15(20)17(22)8-13/h4-5,8-10,23-24H,2-3,6-7,11-12H2,1H3. The van der Waals surface area contributed by atoms with E-state index in [1.165, 1.54) is 0 Å². The van der Waals surface area contributed by atoms with Crippen molar-refractivity contribution in [2.24, 2.45) is 0 Å². The topological polar surface area (TPSA) is 50.7 Å². The molecule has 0 atom stereocenters. The molecular weight excluding hydrogens is 397 g/mol. The SMILES string of the molecule is COc1cc(CNCCCCO)c(Cl)cc1OCc1ccc(Cl)c(Cl)c1. The zero-order chi connectivity index (χ0) is 18.9. The van der Waals surface area contributed by atoms with Crippen LogP contribution in [0.3, 0.4) is 0 Å². The quantitative estimate of drug-likeness (QED) is 0.527. The Balaban J connectivity index is 2.01. The molecule has 0 aliphatic heterocycles. The molecule has 7 heteroatoms. The smallest absolute Gasteiger partial charge is 0.163 e. The van der Waals surface area contributed by atoms with Crippen molar-refractivity contribution >= 4 is 34.8 Å². The molecule has 0 heterocycles. The first-order chi connectivity index (χ1) is 12.5. The Hall–Kier alpha value is -1.17. The maximum atomic E-state index is 8.79. The monoisotopic (exact) mass is 417 g/mol. The molecule has 0 amide bonds. The number of ether oxygens (including phenoxy) is 2. The maximum Gasteiger partial charge on any atom is 0.163 e. The zero-order valence-electron chi connectivity index (χ0n) is 14.5. The summed E-state index contributed by atoms with van der Waals surface area (Å²) in [6, 6.07) is 8.97. The Morgan fingerprint density at radius 2 is 1.77 bits per heavy atom. The average Bonchev–Trinajstić information content (AvgIpc) is 2.63. The number of methoxy groups -OCH3 is 1. The molecule has 26 heavy (non-hydrogen) atoms. The number of aliphatic hydroxyl groups excluding tert-OH is 1. The van der Waals surface area contributed by atoms with E-state index in [2.05, 4.69) is 5.32 Å².